The molecule has 1 aromatic rings. The van der Waals surface area contributed by atoms with E-state index in [0.29, 0.717) is 5.56 Å². The Hall–Kier alpha value is -1.95. The van der Waals surface area contributed by atoms with Gasteiger partial charge >= 0.3 is 5.97 Å². The van der Waals surface area contributed by atoms with E-state index in [9.17, 15) is 14.0 Å². The first-order chi connectivity index (χ1) is 7.88. The monoisotopic (exact) mass is 240 g/mol. The van der Waals surface area contributed by atoms with Gasteiger partial charge in [0.15, 0.2) is 0 Å². The number of carboxylic acids is 1. The standard InChI is InChI=1S/C11H13FN2O3/c1-6-2-7(12)4-8(3-6)14-11(17)9(13)5-10(15)16/h2-4,9H,5,13H2,1H3,(H,14,17)(H,15,16). The number of aliphatic carboxylic acids is 1. The zero-order valence-electron chi connectivity index (χ0n) is 9.24. The Balaban J connectivity index is 2.70. The summed E-state index contributed by atoms with van der Waals surface area (Å²) in [6.07, 6.45) is -0.472. The van der Waals surface area contributed by atoms with Crippen molar-refractivity contribution in [3.8, 4) is 0 Å². The van der Waals surface area contributed by atoms with Crippen LogP contribution in [0.5, 0.6) is 0 Å². The third-order valence-electron chi connectivity index (χ3n) is 2.04. The van der Waals surface area contributed by atoms with Crippen LogP contribution in [0.25, 0.3) is 0 Å². The van der Waals surface area contributed by atoms with E-state index in [0.717, 1.165) is 6.07 Å². The van der Waals surface area contributed by atoms with Crippen LogP contribution in [-0.4, -0.2) is 23.0 Å². The van der Waals surface area contributed by atoms with Gasteiger partial charge in [-0.1, -0.05) is 0 Å². The van der Waals surface area contributed by atoms with Crippen LogP contribution in [0.1, 0.15) is 12.0 Å². The molecule has 92 valence electrons. The fourth-order valence-electron chi connectivity index (χ4n) is 1.32. The van der Waals surface area contributed by atoms with E-state index in [1.54, 1.807) is 13.0 Å². The lowest BCUT2D eigenvalue weighted by Crippen LogP contribution is -2.37. The zero-order valence-corrected chi connectivity index (χ0v) is 9.24. The van der Waals surface area contributed by atoms with E-state index in [1.165, 1.54) is 6.07 Å². The number of anilines is 1. The number of benzene rings is 1. The Morgan fingerprint density at radius 3 is 2.65 bits per heavy atom. The molecule has 5 nitrogen and oxygen atoms in total. The molecule has 0 aliphatic carbocycles. The second kappa shape index (κ2) is 5.40. The van der Waals surface area contributed by atoms with Crippen molar-refractivity contribution in [2.45, 2.75) is 19.4 Å². The summed E-state index contributed by atoms with van der Waals surface area (Å²) in [5.74, 6) is -2.30. The Morgan fingerprint density at radius 2 is 2.12 bits per heavy atom. The van der Waals surface area contributed by atoms with Crippen LogP contribution in [0.15, 0.2) is 18.2 Å². The number of nitrogens with two attached hydrogens (primary N) is 1. The van der Waals surface area contributed by atoms with Crippen LogP contribution in [-0.2, 0) is 9.59 Å². The normalized spacial score (nSPS) is 11.9. The van der Waals surface area contributed by atoms with Crippen molar-refractivity contribution >= 4 is 17.6 Å². The van der Waals surface area contributed by atoms with Crippen molar-refractivity contribution in [3.63, 3.8) is 0 Å². The van der Waals surface area contributed by atoms with Gasteiger partial charge in [-0.2, -0.15) is 0 Å². The number of hydrogen-bond acceptors (Lipinski definition) is 3. The molecule has 4 N–H and O–H groups in total. The number of aryl methyl sites for hydroxylation is 1. The Labute approximate surface area is 97.4 Å². The lowest BCUT2D eigenvalue weighted by molar-refractivity contribution is -0.138. The topological polar surface area (TPSA) is 92.4 Å². The predicted octanol–water partition coefficient (Wildman–Crippen LogP) is 0.875. The summed E-state index contributed by atoms with van der Waals surface area (Å²) in [6.45, 7) is 1.68. The van der Waals surface area contributed by atoms with E-state index in [2.05, 4.69) is 5.32 Å². The molecule has 0 fully saturated rings. The summed E-state index contributed by atoms with van der Waals surface area (Å²) >= 11 is 0. The number of nitrogens with one attached hydrogen (secondary N) is 1. The number of halogens is 1. The second-order valence-electron chi connectivity index (χ2n) is 3.71. The van der Waals surface area contributed by atoms with Gasteiger partial charge in [-0.3, -0.25) is 9.59 Å². The molecule has 0 radical (unpaired) electrons. The fourth-order valence-corrected chi connectivity index (χ4v) is 1.32. The quantitative estimate of drug-likeness (QED) is 0.728. The molecule has 0 aliphatic heterocycles. The van der Waals surface area contributed by atoms with E-state index < -0.39 is 30.2 Å². The summed E-state index contributed by atoms with van der Waals surface area (Å²) in [7, 11) is 0. The minimum Gasteiger partial charge on any atom is -0.481 e. The molecule has 1 amide bonds. The highest BCUT2D eigenvalue weighted by atomic mass is 19.1. The molecule has 0 saturated carbocycles. The predicted molar refractivity (Wildman–Crippen MR) is 60.0 cm³/mol. The number of carboxylic acid groups (broad SMARTS) is 1. The maximum Gasteiger partial charge on any atom is 0.305 e. The largest absolute Gasteiger partial charge is 0.481 e. The summed E-state index contributed by atoms with van der Waals surface area (Å²) in [5.41, 5.74) is 6.26. The molecular formula is C11H13FN2O3. The first kappa shape index (κ1) is 13.1. The van der Waals surface area contributed by atoms with Gasteiger partial charge in [-0.05, 0) is 30.7 Å². The molecule has 0 bridgehead atoms. The van der Waals surface area contributed by atoms with E-state index in [4.69, 9.17) is 10.8 Å². The lowest BCUT2D eigenvalue weighted by Gasteiger charge is -2.10. The molecular weight excluding hydrogens is 227 g/mol. The Kier molecular flexibility index (Phi) is 4.17. The van der Waals surface area contributed by atoms with Crippen LogP contribution in [0.2, 0.25) is 0 Å². The number of hydrogen-bond donors (Lipinski definition) is 3. The molecule has 0 aromatic heterocycles. The van der Waals surface area contributed by atoms with Crippen molar-refractivity contribution in [2.75, 3.05) is 5.32 Å². The maximum absolute atomic E-state index is 13.0. The molecule has 17 heavy (non-hydrogen) atoms. The van der Waals surface area contributed by atoms with Crippen LogP contribution < -0.4 is 11.1 Å². The van der Waals surface area contributed by atoms with Gasteiger partial charge < -0.3 is 16.2 Å². The van der Waals surface area contributed by atoms with Gasteiger partial charge in [0, 0.05) is 5.69 Å². The third kappa shape index (κ3) is 4.20. The first-order valence-corrected chi connectivity index (χ1v) is 4.94. The van der Waals surface area contributed by atoms with E-state index in [1.807, 2.05) is 0 Å². The van der Waals surface area contributed by atoms with Crippen LogP contribution in [0.4, 0.5) is 10.1 Å². The minimum absolute atomic E-state index is 0.258. The summed E-state index contributed by atoms with van der Waals surface area (Å²) in [6, 6.07) is 2.86. The number of carbonyl (C=O) groups excluding carboxylic acids is 1. The van der Waals surface area contributed by atoms with Gasteiger partial charge in [-0.15, -0.1) is 0 Å². The van der Waals surface area contributed by atoms with Crippen LogP contribution >= 0.6 is 0 Å². The number of amides is 1. The van der Waals surface area contributed by atoms with Gasteiger partial charge in [0.05, 0.1) is 12.5 Å². The minimum atomic E-state index is -1.16. The third-order valence-corrected chi connectivity index (χ3v) is 2.04. The summed E-state index contributed by atoms with van der Waals surface area (Å²) in [5, 5.41) is 10.8. The van der Waals surface area contributed by atoms with Gasteiger partial charge in [-0.25, -0.2) is 4.39 Å². The highest BCUT2D eigenvalue weighted by molar-refractivity contribution is 5.96. The van der Waals surface area contributed by atoms with Crippen molar-refractivity contribution in [2.24, 2.45) is 5.73 Å². The van der Waals surface area contributed by atoms with Crippen LogP contribution in [0.3, 0.4) is 0 Å². The smallest absolute Gasteiger partial charge is 0.305 e. The first-order valence-electron chi connectivity index (χ1n) is 4.94. The van der Waals surface area contributed by atoms with Gasteiger partial charge in [0.25, 0.3) is 0 Å². The van der Waals surface area contributed by atoms with Crippen molar-refractivity contribution in [1.82, 2.24) is 0 Å². The highest BCUT2D eigenvalue weighted by Crippen LogP contribution is 2.13. The molecule has 6 heteroatoms. The molecule has 1 aromatic carbocycles. The number of rotatable bonds is 4. The zero-order chi connectivity index (χ0) is 13.0. The lowest BCUT2D eigenvalue weighted by atomic mass is 10.2. The molecule has 1 rings (SSSR count). The summed E-state index contributed by atoms with van der Waals surface area (Å²) < 4.78 is 13.0. The van der Waals surface area contributed by atoms with Crippen LogP contribution in [0, 0.1) is 12.7 Å². The average molecular weight is 240 g/mol. The van der Waals surface area contributed by atoms with E-state index >= 15 is 0 Å². The molecule has 1 atom stereocenters. The highest BCUT2D eigenvalue weighted by Gasteiger charge is 2.17. The molecule has 0 saturated heterocycles. The van der Waals surface area contributed by atoms with Gasteiger partial charge in [0.2, 0.25) is 5.91 Å². The SMILES string of the molecule is Cc1cc(F)cc(NC(=O)C(N)CC(=O)O)c1. The number of carbonyl (C=O) groups is 2. The second-order valence-corrected chi connectivity index (χ2v) is 3.71. The average Bonchev–Trinajstić information content (AvgIpc) is 2.14. The van der Waals surface area contributed by atoms with Crippen molar-refractivity contribution in [1.29, 1.82) is 0 Å². The summed E-state index contributed by atoms with van der Waals surface area (Å²) in [4.78, 5) is 21.8. The maximum atomic E-state index is 13.0. The molecule has 1 unspecified atom stereocenters. The molecule has 0 spiro atoms. The van der Waals surface area contributed by atoms with E-state index in [-0.39, 0.29) is 5.69 Å². The van der Waals surface area contributed by atoms with Crippen molar-refractivity contribution in [3.05, 3.63) is 29.6 Å². The Bertz CT molecular complexity index is 428. The fraction of sp³-hybridized carbons (Fsp3) is 0.273. The van der Waals surface area contributed by atoms with Crippen molar-refractivity contribution < 1.29 is 19.1 Å². The molecule has 0 aliphatic rings. The van der Waals surface area contributed by atoms with Gasteiger partial charge in [0.1, 0.15) is 5.82 Å². The molecule has 0 heterocycles. The Morgan fingerprint density at radius 1 is 1.47 bits per heavy atom.